The molecule has 31 heavy (non-hydrogen) atoms. The molecule has 2 aromatic rings. The standard InChI is InChI=1S/C26H34N2O3/c1-7-16-30-23-11-9-22(10-12-23)21(6)28(26(29)31-18(2)3)15-14-20(5)24-17-19(4)8-13-25(24)27/h7-13,17-18,21H,1,5,14-16,27H2,2-4,6H3. The molecule has 2 aromatic carbocycles. The molecule has 0 radical (unpaired) electrons. The maximum absolute atomic E-state index is 12.9. The normalized spacial score (nSPS) is 11.6. The van der Waals surface area contributed by atoms with Gasteiger partial charge < -0.3 is 20.1 Å². The van der Waals surface area contributed by atoms with Gasteiger partial charge in [0.2, 0.25) is 0 Å². The minimum Gasteiger partial charge on any atom is -0.490 e. The SMILES string of the molecule is C=CCOc1ccc(C(C)N(CCC(=C)c2cc(C)ccc2N)C(=O)OC(C)C)cc1. The van der Waals surface area contributed by atoms with Gasteiger partial charge in [-0.1, -0.05) is 43.0 Å². The summed E-state index contributed by atoms with van der Waals surface area (Å²) in [6, 6.07) is 13.4. The van der Waals surface area contributed by atoms with Crippen molar-refractivity contribution in [3.63, 3.8) is 0 Å². The number of benzene rings is 2. The van der Waals surface area contributed by atoms with Crippen LogP contribution in [0.1, 0.15) is 49.9 Å². The van der Waals surface area contributed by atoms with Crippen LogP contribution in [-0.4, -0.2) is 30.2 Å². The Morgan fingerprint density at radius 1 is 1.16 bits per heavy atom. The third-order valence-electron chi connectivity index (χ3n) is 5.01. The number of hydrogen-bond donors (Lipinski definition) is 1. The Kier molecular flexibility index (Phi) is 8.74. The number of nitrogens with zero attached hydrogens (tertiary/aromatic N) is 1. The van der Waals surface area contributed by atoms with Gasteiger partial charge in [0.1, 0.15) is 12.4 Å². The fourth-order valence-electron chi connectivity index (χ4n) is 3.26. The molecule has 0 saturated heterocycles. The number of amides is 1. The van der Waals surface area contributed by atoms with Crippen molar-refractivity contribution in [1.82, 2.24) is 4.90 Å². The minimum absolute atomic E-state index is 0.178. The van der Waals surface area contributed by atoms with E-state index >= 15 is 0 Å². The second-order valence-corrected chi connectivity index (χ2v) is 7.91. The third-order valence-corrected chi connectivity index (χ3v) is 5.01. The summed E-state index contributed by atoms with van der Waals surface area (Å²) >= 11 is 0. The average Bonchev–Trinajstić information content (AvgIpc) is 2.73. The fourth-order valence-corrected chi connectivity index (χ4v) is 3.26. The lowest BCUT2D eigenvalue weighted by Crippen LogP contribution is -2.36. The molecule has 1 amide bonds. The third kappa shape index (κ3) is 6.92. The van der Waals surface area contributed by atoms with E-state index in [2.05, 4.69) is 13.2 Å². The quantitative estimate of drug-likeness (QED) is 0.368. The first kappa shape index (κ1) is 24.1. The molecule has 0 bridgehead atoms. The summed E-state index contributed by atoms with van der Waals surface area (Å²) in [4.78, 5) is 14.6. The lowest BCUT2D eigenvalue weighted by molar-refractivity contribution is 0.0661. The Labute approximate surface area is 186 Å². The van der Waals surface area contributed by atoms with Crippen LogP contribution in [0.4, 0.5) is 10.5 Å². The van der Waals surface area contributed by atoms with Crippen molar-refractivity contribution >= 4 is 17.4 Å². The van der Waals surface area contributed by atoms with Crippen molar-refractivity contribution in [2.45, 2.75) is 46.3 Å². The maximum atomic E-state index is 12.9. The Bertz CT molecular complexity index is 903. The van der Waals surface area contributed by atoms with Gasteiger partial charge in [0.25, 0.3) is 0 Å². The van der Waals surface area contributed by atoms with E-state index in [1.54, 1.807) is 11.0 Å². The Morgan fingerprint density at radius 2 is 1.84 bits per heavy atom. The topological polar surface area (TPSA) is 64.8 Å². The van der Waals surface area contributed by atoms with Crippen LogP contribution in [0.5, 0.6) is 5.75 Å². The maximum Gasteiger partial charge on any atom is 0.410 e. The first-order valence-corrected chi connectivity index (χ1v) is 10.6. The molecular weight excluding hydrogens is 388 g/mol. The number of rotatable bonds is 10. The van der Waals surface area contributed by atoms with E-state index in [-0.39, 0.29) is 18.2 Å². The van der Waals surface area contributed by atoms with E-state index in [0.29, 0.717) is 25.3 Å². The summed E-state index contributed by atoms with van der Waals surface area (Å²) < 4.78 is 11.1. The highest BCUT2D eigenvalue weighted by molar-refractivity contribution is 5.75. The summed E-state index contributed by atoms with van der Waals surface area (Å²) in [5.41, 5.74) is 10.8. The second-order valence-electron chi connectivity index (χ2n) is 7.91. The molecule has 0 fully saturated rings. The van der Waals surface area contributed by atoms with E-state index in [9.17, 15) is 4.79 Å². The van der Waals surface area contributed by atoms with Gasteiger partial charge in [-0.3, -0.25) is 0 Å². The number of nitrogen functional groups attached to an aromatic ring is 1. The molecule has 1 atom stereocenters. The number of ether oxygens (including phenoxy) is 2. The molecule has 0 heterocycles. The van der Waals surface area contributed by atoms with Crippen LogP contribution in [0.3, 0.4) is 0 Å². The molecule has 0 aromatic heterocycles. The second kappa shape index (κ2) is 11.3. The van der Waals surface area contributed by atoms with Crippen LogP contribution in [0, 0.1) is 6.92 Å². The van der Waals surface area contributed by atoms with Gasteiger partial charge in [0.15, 0.2) is 0 Å². The number of carbonyl (C=O) groups excluding carboxylic acids is 1. The van der Waals surface area contributed by atoms with Crippen LogP contribution < -0.4 is 10.5 Å². The molecule has 2 N–H and O–H groups in total. The molecular formula is C26H34N2O3. The van der Waals surface area contributed by atoms with Crippen LogP contribution in [0.2, 0.25) is 0 Å². The van der Waals surface area contributed by atoms with E-state index in [0.717, 1.165) is 28.0 Å². The molecule has 0 spiro atoms. The molecule has 5 heteroatoms. The lowest BCUT2D eigenvalue weighted by atomic mass is 9.99. The summed E-state index contributed by atoms with van der Waals surface area (Å²) in [6.07, 6.45) is 1.74. The number of carbonyl (C=O) groups is 1. The van der Waals surface area contributed by atoms with Crippen LogP contribution in [-0.2, 0) is 4.74 Å². The van der Waals surface area contributed by atoms with E-state index in [1.807, 2.05) is 70.2 Å². The predicted molar refractivity (Wildman–Crippen MR) is 128 cm³/mol. The van der Waals surface area contributed by atoms with Crippen LogP contribution in [0.15, 0.2) is 61.7 Å². The van der Waals surface area contributed by atoms with Gasteiger partial charge in [-0.2, -0.15) is 0 Å². The first-order chi connectivity index (χ1) is 14.7. The zero-order chi connectivity index (χ0) is 23.0. The van der Waals surface area contributed by atoms with Crippen molar-refractivity contribution in [2.24, 2.45) is 0 Å². The summed E-state index contributed by atoms with van der Waals surface area (Å²) in [5, 5.41) is 0. The van der Waals surface area contributed by atoms with Crippen molar-refractivity contribution < 1.29 is 14.3 Å². The van der Waals surface area contributed by atoms with Crippen molar-refractivity contribution in [3.05, 3.63) is 78.4 Å². The van der Waals surface area contributed by atoms with Gasteiger partial charge in [0.05, 0.1) is 12.1 Å². The van der Waals surface area contributed by atoms with Gasteiger partial charge >= 0.3 is 6.09 Å². The molecule has 0 aliphatic carbocycles. The number of nitrogens with two attached hydrogens (primary N) is 1. The van der Waals surface area contributed by atoms with E-state index in [1.165, 1.54) is 0 Å². The Hall–Kier alpha value is -3.21. The summed E-state index contributed by atoms with van der Waals surface area (Å²) in [5.74, 6) is 0.760. The van der Waals surface area contributed by atoms with Gasteiger partial charge in [-0.15, -0.1) is 0 Å². The zero-order valence-corrected chi connectivity index (χ0v) is 19.1. The molecule has 0 aliphatic heterocycles. The Morgan fingerprint density at radius 3 is 2.45 bits per heavy atom. The highest BCUT2D eigenvalue weighted by atomic mass is 16.6. The van der Waals surface area contributed by atoms with E-state index < -0.39 is 0 Å². The molecule has 1 unspecified atom stereocenters. The minimum atomic E-state index is -0.348. The van der Waals surface area contributed by atoms with Crippen LogP contribution in [0.25, 0.3) is 5.57 Å². The monoisotopic (exact) mass is 422 g/mol. The van der Waals surface area contributed by atoms with Crippen molar-refractivity contribution in [2.75, 3.05) is 18.9 Å². The van der Waals surface area contributed by atoms with Crippen molar-refractivity contribution in [1.29, 1.82) is 0 Å². The highest BCUT2D eigenvalue weighted by Gasteiger charge is 2.24. The number of aryl methyl sites for hydroxylation is 1. The zero-order valence-electron chi connectivity index (χ0n) is 19.1. The van der Waals surface area contributed by atoms with Crippen molar-refractivity contribution in [3.8, 4) is 5.75 Å². The smallest absolute Gasteiger partial charge is 0.410 e. The Balaban J connectivity index is 2.18. The fraction of sp³-hybridized carbons (Fsp3) is 0.346. The average molecular weight is 423 g/mol. The molecule has 5 nitrogen and oxygen atoms in total. The molecule has 166 valence electrons. The molecule has 2 rings (SSSR count). The summed E-state index contributed by atoms with van der Waals surface area (Å²) in [7, 11) is 0. The number of hydrogen-bond acceptors (Lipinski definition) is 4. The largest absolute Gasteiger partial charge is 0.490 e. The first-order valence-electron chi connectivity index (χ1n) is 10.6. The lowest BCUT2D eigenvalue weighted by Gasteiger charge is -2.30. The number of anilines is 1. The van der Waals surface area contributed by atoms with Crippen LogP contribution >= 0.6 is 0 Å². The van der Waals surface area contributed by atoms with Gasteiger partial charge in [-0.25, -0.2) is 4.79 Å². The molecule has 0 saturated carbocycles. The highest BCUT2D eigenvalue weighted by Crippen LogP contribution is 2.28. The van der Waals surface area contributed by atoms with Gasteiger partial charge in [0, 0.05) is 17.8 Å². The molecule has 0 aliphatic rings. The van der Waals surface area contributed by atoms with E-state index in [4.69, 9.17) is 15.2 Å². The van der Waals surface area contributed by atoms with Gasteiger partial charge in [-0.05, 0) is 69.5 Å². The summed E-state index contributed by atoms with van der Waals surface area (Å²) in [6.45, 7) is 16.5. The predicted octanol–water partition coefficient (Wildman–Crippen LogP) is 6.15.